The quantitative estimate of drug-likeness (QED) is 0.0869. The Balaban J connectivity index is 2.32. The van der Waals surface area contributed by atoms with Crippen molar-refractivity contribution in [2.24, 2.45) is 5.41 Å². The van der Waals surface area contributed by atoms with Gasteiger partial charge in [0.25, 0.3) is 0 Å². The fraction of sp³-hybridized carbons (Fsp3) is 0.923. The fourth-order valence-corrected chi connectivity index (χ4v) is 6.43. The number of amides is 2. The molecule has 1 heterocycles. The van der Waals surface area contributed by atoms with Gasteiger partial charge in [-0.25, -0.2) is 0 Å². The Bertz CT molecular complexity index is 689. The predicted octanol–water partition coefficient (Wildman–Crippen LogP) is 11.6. The third-order valence-corrected chi connectivity index (χ3v) is 9.60. The van der Waals surface area contributed by atoms with Crippen LogP contribution < -0.4 is 0 Å². The van der Waals surface area contributed by atoms with Crippen molar-refractivity contribution in [2.75, 3.05) is 13.2 Å². The number of nitrogens with zero attached hydrogens (tertiary/aromatic N) is 1. The van der Waals surface area contributed by atoms with Crippen molar-refractivity contribution >= 4 is 17.8 Å². The summed E-state index contributed by atoms with van der Waals surface area (Å²) in [5.74, 6) is -0.258. The first-order valence-electron chi connectivity index (χ1n) is 19.4. The summed E-state index contributed by atoms with van der Waals surface area (Å²) < 4.78 is 5.66. The molecule has 0 aromatic rings. The number of rotatable bonds is 18. The van der Waals surface area contributed by atoms with E-state index in [1.807, 2.05) is 13.8 Å². The second-order valence-electron chi connectivity index (χ2n) is 14.4. The first-order chi connectivity index (χ1) is 21.4. The fourth-order valence-electron chi connectivity index (χ4n) is 6.43. The van der Waals surface area contributed by atoms with Gasteiger partial charge in [-0.15, -0.1) is 0 Å². The van der Waals surface area contributed by atoms with Crippen LogP contribution in [0.25, 0.3) is 0 Å². The van der Waals surface area contributed by atoms with Crippen molar-refractivity contribution in [3.63, 3.8) is 0 Å². The van der Waals surface area contributed by atoms with Gasteiger partial charge in [-0.05, 0) is 39.5 Å². The van der Waals surface area contributed by atoms with Crippen LogP contribution in [0.4, 0.5) is 0 Å². The van der Waals surface area contributed by atoms with Crippen LogP contribution in [-0.4, -0.2) is 35.8 Å². The molecule has 1 fully saturated rings. The molecule has 0 radical (unpaired) electrons. The molecule has 1 saturated heterocycles. The van der Waals surface area contributed by atoms with E-state index in [0.29, 0.717) is 25.8 Å². The average molecular weight is 620 g/mol. The van der Waals surface area contributed by atoms with Crippen LogP contribution in [0.2, 0.25) is 0 Å². The van der Waals surface area contributed by atoms with E-state index in [0.717, 1.165) is 38.5 Å². The molecule has 0 aliphatic carbocycles. The predicted molar refractivity (Wildman–Crippen MR) is 186 cm³/mol. The van der Waals surface area contributed by atoms with Crippen LogP contribution in [0.1, 0.15) is 213 Å². The molecule has 0 unspecified atom stereocenters. The molecule has 0 N–H and O–H groups in total. The molecule has 1 aliphatic heterocycles. The molecule has 258 valence electrons. The van der Waals surface area contributed by atoms with E-state index in [4.69, 9.17) is 4.74 Å². The van der Waals surface area contributed by atoms with Gasteiger partial charge in [0, 0.05) is 19.4 Å². The molecule has 5 nitrogen and oxygen atoms in total. The zero-order valence-electron chi connectivity index (χ0n) is 29.7. The number of unbranched alkanes of at least 4 members (excludes halogenated alkanes) is 11. The number of carbonyl (C=O) groups is 3. The van der Waals surface area contributed by atoms with E-state index in [2.05, 4.69) is 6.92 Å². The number of esters is 1. The zero-order chi connectivity index (χ0) is 32.1. The Morgan fingerprint density at radius 2 is 0.932 bits per heavy atom. The minimum atomic E-state index is -0.497. The first kappa shape index (κ1) is 40.6. The number of carbonyl (C=O) groups excluding carboxylic acids is 3. The summed E-state index contributed by atoms with van der Waals surface area (Å²) in [4.78, 5) is 40.4. The summed E-state index contributed by atoms with van der Waals surface area (Å²) in [6, 6.07) is 0. The van der Waals surface area contributed by atoms with E-state index < -0.39 is 5.41 Å². The highest BCUT2D eigenvalue weighted by Crippen LogP contribution is 2.26. The van der Waals surface area contributed by atoms with Gasteiger partial charge in [-0.2, -0.15) is 0 Å². The van der Waals surface area contributed by atoms with Gasteiger partial charge in [-0.3, -0.25) is 19.3 Å². The van der Waals surface area contributed by atoms with Crippen molar-refractivity contribution in [3.8, 4) is 0 Å². The number of hydrogen-bond acceptors (Lipinski definition) is 4. The topological polar surface area (TPSA) is 63.7 Å². The summed E-state index contributed by atoms with van der Waals surface area (Å²) in [5, 5.41) is 0. The van der Waals surface area contributed by atoms with Crippen molar-refractivity contribution in [1.82, 2.24) is 4.90 Å². The van der Waals surface area contributed by atoms with Gasteiger partial charge in [0.05, 0.1) is 12.0 Å². The van der Waals surface area contributed by atoms with Crippen molar-refractivity contribution in [2.45, 2.75) is 213 Å². The lowest BCUT2D eigenvalue weighted by Crippen LogP contribution is -2.38. The summed E-state index contributed by atoms with van der Waals surface area (Å²) in [6.45, 7) is 6.85. The van der Waals surface area contributed by atoms with E-state index >= 15 is 0 Å². The SMILES string of the molecule is CCCCCCCCCCCCCCC(C)(C)C(=O)OCCCN1C(=O)CCCCCCCCCCCCCCCCC1=O. The van der Waals surface area contributed by atoms with Crippen molar-refractivity contribution in [3.05, 3.63) is 0 Å². The van der Waals surface area contributed by atoms with E-state index in [1.54, 1.807) is 0 Å². The third kappa shape index (κ3) is 22.2. The Morgan fingerprint density at radius 1 is 0.568 bits per heavy atom. The molecule has 2 amide bonds. The summed E-state index contributed by atoms with van der Waals surface area (Å²) in [5.41, 5.74) is -0.497. The third-order valence-electron chi connectivity index (χ3n) is 9.60. The standard InChI is InChI=1S/C39H73NO4/c1-4-5-6-7-8-9-10-17-20-23-26-29-33-39(2,3)38(43)44-35-30-34-40-36(41)31-27-24-21-18-15-13-11-12-14-16-19-22-25-28-32-37(40)42/h4-35H2,1-3H3. The molecule has 0 atom stereocenters. The van der Waals surface area contributed by atoms with Crippen LogP contribution >= 0.6 is 0 Å². The second kappa shape index (κ2) is 27.9. The Kier molecular flexibility index (Phi) is 25.7. The smallest absolute Gasteiger partial charge is 0.311 e. The van der Waals surface area contributed by atoms with Crippen LogP contribution in [0, 0.1) is 5.41 Å². The molecule has 44 heavy (non-hydrogen) atoms. The maximum absolute atomic E-state index is 13.0. The van der Waals surface area contributed by atoms with E-state index in [9.17, 15) is 14.4 Å². The molecule has 0 aromatic heterocycles. The Morgan fingerprint density at radius 3 is 1.34 bits per heavy atom. The molecular weight excluding hydrogens is 546 g/mol. The molecule has 5 heteroatoms. The van der Waals surface area contributed by atoms with Gasteiger partial charge in [-0.1, -0.05) is 161 Å². The zero-order valence-corrected chi connectivity index (χ0v) is 29.7. The highest BCUT2D eigenvalue weighted by molar-refractivity contribution is 5.95. The lowest BCUT2D eigenvalue weighted by Gasteiger charge is -2.24. The van der Waals surface area contributed by atoms with Crippen LogP contribution in [0.5, 0.6) is 0 Å². The number of hydrogen-bond donors (Lipinski definition) is 0. The van der Waals surface area contributed by atoms with E-state index in [1.165, 1.54) is 140 Å². The monoisotopic (exact) mass is 620 g/mol. The normalized spacial score (nSPS) is 17.6. The molecule has 1 rings (SSSR count). The molecule has 0 saturated carbocycles. The van der Waals surface area contributed by atoms with Crippen LogP contribution in [-0.2, 0) is 19.1 Å². The van der Waals surface area contributed by atoms with Crippen LogP contribution in [0.15, 0.2) is 0 Å². The van der Waals surface area contributed by atoms with Gasteiger partial charge in [0.2, 0.25) is 11.8 Å². The number of ether oxygens (including phenoxy) is 1. The average Bonchev–Trinajstić information content (AvgIpc) is 3.00. The highest BCUT2D eigenvalue weighted by Gasteiger charge is 2.29. The van der Waals surface area contributed by atoms with Gasteiger partial charge >= 0.3 is 5.97 Å². The van der Waals surface area contributed by atoms with Gasteiger partial charge in [0.1, 0.15) is 0 Å². The molecule has 0 bridgehead atoms. The first-order valence-corrected chi connectivity index (χ1v) is 19.4. The lowest BCUT2D eigenvalue weighted by atomic mass is 9.87. The number of imide groups is 1. The van der Waals surface area contributed by atoms with Gasteiger partial charge in [0.15, 0.2) is 0 Å². The molecule has 0 spiro atoms. The Labute approximate surface area is 273 Å². The molecular formula is C39H73NO4. The van der Waals surface area contributed by atoms with Crippen LogP contribution in [0.3, 0.4) is 0 Å². The van der Waals surface area contributed by atoms with E-state index in [-0.39, 0.29) is 24.4 Å². The largest absolute Gasteiger partial charge is 0.465 e. The molecule has 0 aromatic carbocycles. The van der Waals surface area contributed by atoms with Crippen molar-refractivity contribution < 1.29 is 19.1 Å². The maximum atomic E-state index is 13.0. The summed E-state index contributed by atoms with van der Waals surface area (Å²) >= 11 is 0. The minimum Gasteiger partial charge on any atom is -0.465 e. The van der Waals surface area contributed by atoms with Crippen molar-refractivity contribution in [1.29, 1.82) is 0 Å². The summed E-state index contributed by atoms with van der Waals surface area (Å²) in [7, 11) is 0. The summed E-state index contributed by atoms with van der Waals surface area (Å²) in [6.07, 6.45) is 34.6. The Hall–Kier alpha value is -1.39. The highest BCUT2D eigenvalue weighted by atomic mass is 16.5. The lowest BCUT2D eigenvalue weighted by molar-refractivity contribution is -0.154. The van der Waals surface area contributed by atoms with Gasteiger partial charge < -0.3 is 4.74 Å². The molecule has 1 aliphatic rings. The minimum absolute atomic E-state index is 0.0495. The maximum Gasteiger partial charge on any atom is 0.311 e. The second-order valence-corrected chi connectivity index (χ2v) is 14.4.